The number of halogens is 3. The topological polar surface area (TPSA) is 29.1 Å². The highest BCUT2D eigenvalue weighted by atomic mass is 79.9. The Kier molecular flexibility index (Phi) is 5.55. The largest absolute Gasteiger partial charge is 0.352 e. The maximum atomic E-state index is 13.2. The third kappa shape index (κ3) is 4.81. The van der Waals surface area contributed by atoms with Crippen LogP contribution in [-0.2, 0) is 0 Å². The number of carbonyl (C=O) groups is 1. The van der Waals surface area contributed by atoms with Gasteiger partial charge in [-0.05, 0) is 25.0 Å². The molecular formula is C12H14BrF2NO. The summed E-state index contributed by atoms with van der Waals surface area (Å²) in [6.45, 7) is 2.49. The molecule has 0 aromatic heterocycles. The van der Waals surface area contributed by atoms with E-state index < -0.39 is 17.5 Å². The Morgan fingerprint density at radius 1 is 1.47 bits per heavy atom. The molecule has 1 atom stereocenters. The van der Waals surface area contributed by atoms with Gasteiger partial charge in [0.15, 0.2) is 0 Å². The van der Waals surface area contributed by atoms with Crippen LogP contribution in [0, 0.1) is 11.6 Å². The van der Waals surface area contributed by atoms with Crippen molar-refractivity contribution < 1.29 is 13.6 Å². The van der Waals surface area contributed by atoms with E-state index in [-0.39, 0.29) is 5.56 Å². The lowest BCUT2D eigenvalue weighted by molar-refractivity contribution is 0.0949. The van der Waals surface area contributed by atoms with Crippen molar-refractivity contribution in [3.05, 3.63) is 35.4 Å². The molecule has 94 valence electrons. The van der Waals surface area contributed by atoms with E-state index in [1.807, 2.05) is 6.92 Å². The molecule has 0 heterocycles. The molecule has 1 N–H and O–H groups in total. The summed E-state index contributed by atoms with van der Waals surface area (Å²) < 4.78 is 25.9. The number of rotatable bonds is 5. The first-order valence-electron chi connectivity index (χ1n) is 5.38. The van der Waals surface area contributed by atoms with Crippen LogP contribution >= 0.6 is 15.9 Å². The molecule has 1 rings (SSSR count). The van der Waals surface area contributed by atoms with E-state index >= 15 is 0 Å². The molecule has 0 aliphatic rings. The lowest BCUT2D eigenvalue weighted by Crippen LogP contribution is -2.25. The van der Waals surface area contributed by atoms with Crippen LogP contribution in [0.4, 0.5) is 8.78 Å². The zero-order chi connectivity index (χ0) is 12.8. The predicted molar refractivity (Wildman–Crippen MR) is 66.3 cm³/mol. The van der Waals surface area contributed by atoms with Gasteiger partial charge < -0.3 is 5.32 Å². The molecule has 0 saturated carbocycles. The van der Waals surface area contributed by atoms with Crippen molar-refractivity contribution in [3.8, 4) is 0 Å². The summed E-state index contributed by atoms with van der Waals surface area (Å²) in [6, 6.07) is 2.92. The van der Waals surface area contributed by atoms with Crippen molar-refractivity contribution >= 4 is 21.8 Å². The SMILES string of the molecule is CC(Br)CCCNC(=O)c1ccc(F)cc1F. The molecule has 0 aliphatic carbocycles. The summed E-state index contributed by atoms with van der Waals surface area (Å²) >= 11 is 3.39. The van der Waals surface area contributed by atoms with Crippen LogP contribution in [-0.4, -0.2) is 17.3 Å². The quantitative estimate of drug-likeness (QED) is 0.656. The maximum Gasteiger partial charge on any atom is 0.254 e. The molecular weight excluding hydrogens is 292 g/mol. The number of amides is 1. The number of benzene rings is 1. The van der Waals surface area contributed by atoms with Gasteiger partial charge in [-0.15, -0.1) is 0 Å². The zero-order valence-corrected chi connectivity index (χ0v) is 11.1. The van der Waals surface area contributed by atoms with Crippen LogP contribution in [0.15, 0.2) is 18.2 Å². The Hall–Kier alpha value is -0.970. The normalized spacial score (nSPS) is 12.2. The van der Waals surface area contributed by atoms with Gasteiger partial charge in [-0.1, -0.05) is 22.9 Å². The van der Waals surface area contributed by atoms with E-state index in [2.05, 4.69) is 21.2 Å². The third-order valence-electron chi connectivity index (χ3n) is 2.24. The molecule has 1 aromatic rings. The van der Waals surface area contributed by atoms with E-state index in [0.29, 0.717) is 17.4 Å². The second-order valence-electron chi connectivity index (χ2n) is 3.80. The summed E-state index contributed by atoms with van der Waals surface area (Å²) in [5, 5.41) is 2.59. The summed E-state index contributed by atoms with van der Waals surface area (Å²) in [7, 11) is 0. The fraction of sp³-hybridized carbons (Fsp3) is 0.417. The molecule has 0 radical (unpaired) electrons. The van der Waals surface area contributed by atoms with E-state index in [4.69, 9.17) is 0 Å². The second kappa shape index (κ2) is 6.69. The fourth-order valence-electron chi connectivity index (χ4n) is 1.35. The van der Waals surface area contributed by atoms with Gasteiger partial charge in [0.05, 0.1) is 5.56 Å². The number of carbonyl (C=O) groups excluding carboxylic acids is 1. The highest BCUT2D eigenvalue weighted by Gasteiger charge is 2.11. The Morgan fingerprint density at radius 2 is 2.18 bits per heavy atom. The molecule has 0 saturated heterocycles. The van der Waals surface area contributed by atoms with Gasteiger partial charge >= 0.3 is 0 Å². The third-order valence-corrected chi connectivity index (χ3v) is 2.70. The Morgan fingerprint density at radius 3 is 2.76 bits per heavy atom. The van der Waals surface area contributed by atoms with Gasteiger partial charge in [-0.3, -0.25) is 4.79 Å². The van der Waals surface area contributed by atoms with E-state index in [1.54, 1.807) is 0 Å². The minimum Gasteiger partial charge on any atom is -0.352 e. The first-order valence-corrected chi connectivity index (χ1v) is 6.29. The van der Waals surface area contributed by atoms with Crippen LogP contribution in [0.5, 0.6) is 0 Å². The van der Waals surface area contributed by atoms with Gasteiger partial charge in [0.1, 0.15) is 11.6 Å². The van der Waals surface area contributed by atoms with Gasteiger partial charge in [-0.2, -0.15) is 0 Å². The van der Waals surface area contributed by atoms with Crippen molar-refractivity contribution in [2.45, 2.75) is 24.6 Å². The second-order valence-corrected chi connectivity index (χ2v) is 5.37. The lowest BCUT2D eigenvalue weighted by Gasteiger charge is -2.07. The molecule has 0 spiro atoms. The summed E-state index contributed by atoms with van der Waals surface area (Å²) in [6.07, 6.45) is 1.73. The molecule has 17 heavy (non-hydrogen) atoms. The molecule has 0 bridgehead atoms. The Labute approximate surface area is 108 Å². The highest BCUT2D eigenvalue weighted by Crippen LogP contribution is 2.09. The lowest BCUT2D eigenvalue weighted by atomic mass is 10.2. The van der Waals surface area contributed by atoms with Crippen molar-refractivity contribution in [2.75, 3.05) is 6.54 Å². The van der Waals surface area contributed by atoms with Crippen LogP contribution in [0.1, 0.15) is 30.1 Å². The molecule has 5 heteroatoms. The standard InChI is InChI=1S/C12H14BrF2NO/c1-8(13)3-2-6-16-12(17)10-5-4-9(14)7-11(10)15/h4-5,7-8H,2-3,6H2,1H3,(H,16,17). The van der Waals surface area contributed by atoms with Crippen LogP contribution in [0.2, 0.25) is 0 Å². The van der Waals surface area contributed by atoms with Crippen LogP contribution < -0.4 is 5.32 Å². The van der Waals surface area contributed by atoms with Gasteiger partial charge in [-0.25, -0.2) is 8.78 Å². The number of alkyl halides is 1. The monoisotopic (exact) mass is 305 g/mol. The number of nitrogens with one attached hydrogen (secondary N) is 1. The Balaban J connectivity index is 2.47. The smallest absolute Gasteiger partial charge is 0.254 e. The summed E-state index contributed by atoms with van der Waals surface area (Å²) in [5.41, 5.74) is -0.127. The van der Waals surface area contributed by atoms with Crippen molar-refractivity contribution in [3.63, 3.8) is 0 Å². The number of hydrogen-bond donors (Lipinski definition) is 1. The molecule has 0 aliphatic heterocycles. The molecule has 1 unspecified atom stereocenters. The Bertz CT molecular complexity index is 396. The van der Waals surface area contributed by atoms with E-state index in [9.17, 15) is 13.6 Å². The number of hydrogen-bond acceptors (Lipinski definition) is 1. The summed E-state index contributed by atoms with van der Waals surface area (Å²) in [4.78, 5) is 11.9. The van der Waals surface area contributed by atoms with E-state index in [0.717, 1.165) is 25.0 Å². The molecule has 0 fully saturated rings. The average Bonchev–Trinajstić information content (AvgIpc) is 2.23. The van der Waals surface area contributed by atoms with E-state index in [1.165, 1.54) is 0 Å². The van der Waals surface area contributed by atoms with Crippen molar-refractivity contribution in [1.29, 1.82) is 0 Å². The summed E-state index contributed by atoms with van der Waals surface area (Å²) in [5.74, 6) is -2.03. The van der Waals surface area contributed by atoms with Crippen LogP contribution in [0.3, 0.4) is 0 Å². The average molecular weight is 306 g/mol. The van der Waals surface area contributed by atoms with Gasteiger partial charge in [0.2, 0.25) is 0 Å². The molecule has 1 amide bonds. The first kappa shape index (κ1) is 14.1. The van der Waals surface area contributed by atoms with Crippen LogP contribution in [0.25, 0.3) is 0 Å². The maximum absolute atomic E-state index is 13.2. The zero-order valence-electron chi connectivity index (χ0n) is 9.47. The molecule has 1 aromatic carbocycles. The predicted octanol–water partition coefficient (Wildman–Crippen LogP) is 3.26. The molecule has 2 nitrogen and oxygen atoms in total. The van der Waals surface area contributed by atoms with Crippen molar-refractivity contribution in [1.82, 2.24) is 5.32 Å². The first-order chi connectivity index (χ1) is 8.00. The van der Waals surface area contributed by atoms with Gasteiger partial charge in [0.25, 0.3) is 5.91 Å². The minimum absolute atomic E-state index is 0.127. The minimum atomic E-state index is -0.837. The fourth-order valence-corrected chi connectivity index (χ4v) is 1.68. The van der Waals surface area contributed by atoms with Gasteiger partial charge in [0, 0.05) is 17.4 Å². The highest BCUT2D eigenvalue weighted by molar-refractivity contribution is 9.09. The van der Waals surface area contributed by atoms with Crippen molar-refractivity contribution in [2.24, 2.45) is 0 Å².